The zero-order chi connectivity index (χ0) is 11.0. The molecule has 84 valence electrons. The average Bonchev–Trinajstić information content (AvgIpc) is 3.03. The molecule has 16 heavy (non-hydrogen) atoms. The van der Waals surface area contributed by atoms with Gasteiger partial charge in [-0.05, 0) is 30.9 Å². The topological polar surface area (TPSA) is 64.1 Å². The number of pyridine rings is 1. The second-order valence-corrected chi connectivity index (χ2v) is 4.32. The Morgan fingerprint density at radius 1 is 1.50 bits per heavy atom. The van der Waals surface area contributed by atoms with E-state index in [4.69, 9.17) is 10.2 Å². The molecule has 1 atom stereocenters. The van der Waals surface area contributed by atoms with Gasteiger partial charge in [0.15, 0.2) is 0 Å². The Kier molecular flexibility index (Phi) is 2.29. The Morgan fingerprint density at radius 2 is 2.38 bits per heavy atom. The number of hydrogen-bond acceptors (Lipinski definition) is 4. The molecule has 0 saturated heterocycles. The van der Waals surface area contributed by atoms with Crippen LogP contribution in [-0.4, -0.2) is 17.6 Å². The van der Waals surface area contributed by atoms with Gasteiger partial charge in [-0.15, -0.1) is 0 Å². The highest BCUT2D eigenvalue weighted by atomic mass is 16.3. The van der Waals surface area contributed by atoms with E-state index in [1.807, 2.05) is 12.1 Å². The Bertz CT molecular complexity index is 490. The van der Waals surface area contributed by atoms with Crippen LogP contribution in [0.1, 0.15) is 12.8 Å². The summed E-state index contributed by atoms with van der Waals surface area (Å²) in [4.78, 5) is 4.35. The number of rotatable bonds is 4. The number of anilines is 1. The zero-order valence-corrected chi connectivity index (χ0v) is 9.02. The van der Waals surface area contributed by atoms with Gasteiger partial charge in [0.2, 0.25) is 0 Å². The van der Waals surface area contributed by atoms with Crippen molar-refractivity contribution in [2.45, 2.75) is 18.9 Å². The predicted octanol–water partition coefficient (Wildman–Crippen LogP) is 1.98. The second kappa shape index (κ2) is 3.79. The number of aromatic nitrogens is 1. The third kappa shape index (κ3) is 1.65. The monoisotopic (exact) mass is 217 g/mol. The van der Waals surface area contributed by atoms with Crippen molar-refractivity contribution in [1.29, 1.82) is 0 Å². The van der Waals surface area contributed by atoms with Gasteiger partial charge in [-0.3, -0.25) is 0 Å². The van der Waals surface area contributed by atoms with Crippen molar-refractivity contribution >= 4 is 16.8 Å². The van der Waals surface area contributed by atoms with Gasteiger partial charge in [-0.25, -0.2) is 4.98 Å². The van der Waals surface area contributed by atoms with E-state index in [-0.39, 0.29) is 0 Å². The first-order chi connectivity index (χ1) is 7.88. The van der Waals surface area contributed by atoms with E-state index in [1.165, 1.54) is 12.8 Å². The normalized spacial score (nSPS) is 17.6. The first-order valence-corrected chi connectivity index (χ1v) is 5.67. The highest BCUT2D eigenvalue weighted by Crippen LogP contribution is 2.34. The van der Waals surface area contributed by atoms with Crippen molar-refractivity contribution in [3.63, 3.8) is 0 Å². The van der Waals surface area contributed by atoms with Gasteiger partial charge in [-0.1, -0.05) is 0 Å². The fourth-order valence-electron chi connectivity index (χ4n) is 2.05. The number of hydrogen-bond donors (Lipinski definition) is 2. The fraction of sp³-hybridized carbons (Fsp3) is 0.417. The van der Waals surface area contributed by atoms with E-state index in [1.54, 1.807) is 12.5 Å². The molecule has 2 aromatic rings. The lowest BCUT2D eigenvalue weighted by Crippen LogP contribution is -2.31. The van der Waals surface area contributed by atoms with Crippen LogP contribution in [0.15, 0.2) is 29.0 Å². The number of nitrogens with two attached hydrogens (primary N) is 1. The van der Waals surface area contributed by atoms with Gasteiger partial charge in [-0.2, -0.15) is 0 Å². The molecule has 1 aliphatic carbocycles. The van der Waals surface area contributed by atoms with Crippen LogP contribution >= 0.6 is 0 Å². The molecule has 1 aliphatic rings. The van der Waals surface area contributed by atoms with E-state index < -0.39 is 0 Å². The molecule has 4 heteroatoms. The first kappa shape index (κ1) is 9.66. The summed E-state index contributed by atoms with van der Waals surface area (Å²) in [6.07, 6.45) is 5.99. The molecule has 2 aromatic heterocycles. The summed E-state index contributed by atoms with van der Waals surface area (Å²) < 4.78 is 5.34. The van der Waals surface area contributed by atoms with Crippen LogP contribution < -0.4 is 11.1 Å². The quantitative estimate of drug-likeness (QED) is 0.821. The summed E-state index contributed by atoms with van der Waals surface area (Å²) >= 11 is 0. The van der Waals surface area contributed by atoms with E-state index in [9.17, 15) is 0 Å². The van der Waals surface area contributed by atoms with Crippen molar-refractivity contribution in [1.82, 2.24) is 4.98 Å². The maximum Gasteiger partial charge on any atom is 0.139 e. The molecule has 0 spiro atoms. The SMILES string of the molecule is NCC(Nc1nccc2occc12)C1CC1. The van der Waals surface area contributed by atoms with E-state index in [0.717, 1.165) is 16.8 Å². The lowest BCUT2D eigenvalue weighted by Gasteiger charge is -2.16. The van der Waals surface area contributed by atoms with Gasteiger partial charge in [0, 0.05) is 18.8 Å². The molecule has 0 aliphatic heterocycles. The van der Waals surface area contributed by atoms with Crippen LogP contribution in [0.25, 0.3) is 11.0 Å². The maximum absolute atomic E-state index is 5.77. The van der Waals surface area contributed by atoms with E-state index in [2.05, 4.69) is 10.3 Å². The average molecular weight is 217 g/mol. The van der Waals surface area contributed by atoms with Crippen LogP contribution in [0.2, 0.25) is 0 Å². The largest absolute Gasteiger partial charge is 0.464 e. The molecule has 2 heterocycles. The molecule has 0 amide bonds. The minimum Gasteiger partial charge on any atom is -0.464 e. The molecule has 1 saturated carbocycles. The molecular weight excluding hydrogens is 202 g/mol. The van der Waals surface area contributed by atoms with Gasteiger partial charge < -0.3 is 15.5 Å². The standard InChI is InChI=1S/C12H15N3O/c13-7-10(8-1-2-8)15-12-9-4-6-16-11(9)3-5-14-12/h3-6,8,10H,1-2,7,13H2,(H,14,15). The Labute approximate surface area is 93.8 Å². The third-order valence-corrected chi connectivity index (χ3v) is 3.15. The van der Waals surface area contributed by atoms with Crippen LogP contribution in [0.3, 0.4) is 0 Å². The van der Waals surface area contributed by atoms with E-state index >= 15 is 0 Å². The summed E-state index contributed by atoms with van der Waals surface area (Å²) in [6.45, 7) is 0.653. The molecule has 1 fully saturated rings. The summed E-state index contributed by atoms with van der Waals surface area (Å²) in [7, 11) is 0. The Balaban J connectivity index is 1.89. The number of nitrogens with one attached hydrogen (secondary N) is 1. The highest BCUT2D eigenvalue weighted by Gasteiger charge is 2.30. The summed E-state index contributed by atoms with van der Waals surface area (Å²) in [5, 5.41) is 4.45. The van der Waals surface area contributed by atoms with Crippen LogP contribution in [0, 0.1) is 5.92 Å². The van der Waals surface area contributed by atoms with Gasteiger partial charge in [0.25, 0.3) is 0 Å². The number of fused-ring (bicyclic) bond motifs is 1. The lowest BCUT2D eigenvalue weighted by molar-refractivity contribution is 0.615. The van der Waals surface area contributed by atoms with Crippen LogP contribution in [0.5, 0.6) is 0 Å². The molecule has 1 unspecified atom stereocenters. The Morgan fingerprint density at radius 3 is 3.12 bits per heavy atom. The van der Waals surface area contributed by atoms with Gasteiger partial charge >= 0.3 is 0 Å². The maximum atomic E-state index is 5.77. The van der Waals surface area contributed by atoms with Crippen molar-refractivity contribution in [2.75, 3.05) is 11.9 Å². The van der Waals surface area contributed by atoms with Crippen LogP contribution in [0.4, 0.5) is 5.82 Å². The minimum absolute atomic E-state index is 0.341. The summed E-state index contributed by atoms with van der Waals surface area (Å²) in [5.74, 6) is 1.60. The minimum atomic E-state index is 0.341. The zero-order valence-electron chi connectivity index (χ0n) is 9.02. The summed E-state index contributed by atoms with van der Waals surface area (Å²) in [6, 6.07) is 4.15. The van der Waals surface area contributed by atoms with Crippen molar-refractivity contribution in [3.05, 3.63) is 24.6 Å². The summed E-state index contributed by atoms with van der Waals surface area (Å²) in [5.41, 5.74) is 6.63. The molecule has 0 radical (unpaired) electrons. The predicted molar refractivity (Wildman–Crippen MR) is 63.2 cm³/mol. The molecule has 0 bridgehead atoms. The molecule has 3 N–H and O–H groups in total. The van der Waals surface area contributed by atoms with Gasteiger partial charge in [0.1, 0.15) is 11.4 Å². The molecular formula is C12H15N3O. The molecule has 4 nitrogen and oxygen atoms in total. The smallest absolute Gasteiger partial charge is 0.139 e. The van der Waals surface area contributed by atoms with Crippen LogP contribution in [-0.2, 0) is 0 Å². The van der Waals surface area contributed by atoms with E-state index in [0.29, 0.717) is 18.5 Å². The lowest BCUT2D eigenvalue weighted by atomic mass is 10.2. The Hall–Kier alpha value is -1.55. The highest BCUT2D eigenvalue weighted by molar-refractivity contribution is 5.87. The second-order valence-electron chi connectivity index (χ2n) is 4.32. The molecule has 0 aromatic carbocycles. The molecule has 3 rings (SSSR count). The number of furan rings is 1. The van der Waals surface area contributed by atoms with Gasteiger partial charge in [0.05, 0.1) is 11.6 Å². The fourth-order valence-corrected chi connectivity index (χ4v) is 2.05. The first-order valence-electron chi connectivity index (χ1n) is 5.67. The van der Waals surface area contributed by atoms with Crippen molar-refractivity contribution < 1.29 is 4.42 Å². The third-order valence-electron chi connectivity index (χ3n) is 3.15. The van der Waals surface area contributed by atoms with Crippen molar-refractivity contribution in [2.24, 2.45) is 11.7 Å². The number of nitrogens with zero attached hydrogens (tertiary/aromatic N) is 1. The van der Waals surface area contributed by atoms with Crippen molar-refractivity contribution in [3.8, 4) is 0 Å².